The Morgan fingerprint density at radius 1 is 0.909 bits per heavy atom. The highest BCUT2D eigenvalue weighted by molar-refractivity contribution is 6.23. The lowest BCUT2D eigenvalue weighted by Crippen LogP contribution is -2.54. The SMILES string of the molecule is O=C1CCC(N2C(=O)c3cc(F)c(N4CCC(CN5CCNCC5)CC4)cc3C2=O)C(=O)N1. The van der Waals surface area contributed by atoms with Crippen molar-refractivity contribution in [1.82, 2.24) is 20.4 Å². The zero-order valence-electron chi connectivity index (χ0n) is 18.4. The predicted octanol–water partition coefficient (Wildman–Crippen LogP) is 0.349. The molecule has 4 aliphatic heterocycles. The molecule has 0 spiro atoms. The van der Waals surface area contributed by atoms with Gasteiger partial charge in [0, 0.05) is 52.2 Å². The average molecular weight is 458 g/mol. The van der Waals surface area contributed by atoms with Crippen LogP contribution in [-0.2, 0) is 9.59 Å². The van der Waals surface area contributed by atoms with Crippen LogP contribution >= 0.6 is 0 Å². The number of rotatable bonds is 4. The van der Waals surface area contributed by atoms with Crippen molar-refractivity contribution in [2.45, 2.75) is 31.7 Å². The van der Waals surface area contributed by atoms with E-state index < -0.39 is 35.5 Å². The first-order chi connectivity index (χ1) is 15.9. The van der Waals surface area contributed by atoms with Gasteiger partial charge in [0.15, 0.2) is 0 Å². The summed E-state index contributed by atoms with van der Waals surface area (Å²) in [7, 11) is 0. The molecule has 0 aromatic heterocycles. The van der Waals surface area contributed by atoms with E-state index in [0.29, 0.717) is 24.7 Å². The number of hydrogen-bond acceptors (Lipinski definition) is 7. The number of halogens is 1. The van der Waals surface area contributed by atoms with Crippen molar-refractivity contribution in [2.24, 2.45) is 5.92 Å². The molecule has 176 valence electrons. The van der Waals surface area contributed by atoms with Gasteiger partial charge in [-0.25, -0.2) is 4.39 Å². The quantitative estimate of drug-likeness (QED) is 0.629. The molecule has 0 saturated carbocycles. The molecule has 4 heterocycles. The van der Waals surface area contributed by atoms with Gasteiger partial charge >= 0.3 is 0 Å². The summed E-state index contributed by atoms with van der Waals surface area (Å²) in [5, 5.41) is 5.53. The number of anilines is 1. The van der Waals surface area contributed by atoms with Crippen LogP contribution in [-0.4, -0.2) is 85.3 Å². The number of hydrogen-bond donors (Lipinski definition) is 2. The molecular weight excluding hydrogens is 429 g/mol. The summed E-state index contributed by atoms with van der Waals surface area (Å²) in [5.41, 5.74) is 0.407. The Hall–Kier alpha value is -2.85. The standard InChI is InChI=1S/C23H28FN5O4/c24-17-11-15-16(23(33)29(22(15)32)18-1-2-20(30)26-21(18)31)12-19(17)28-7-3-14(4-8-28)13-27-9-5-25-6-10-27/h11-12,14,18,25H,1-10,13H2,(H,26,30,31). The second kappa shape index (κ2) is 8.83. The number of nitrogens with one attached hydrogen (secondary N) is 2. The average Bonchev–Trinajstić information content (AvgIpc) is 3.04. The molecule has 3 saturated heterocycles. The second-order valence-corrected chi connectivity index (χ2v) is 9.28. The number of piperazine rings is 1. The summed E-state index contributed by atoms with van der Waals surface area (Å²) < 4.78 is 15.0. The highest BCUT2D eigenvalue weighted by Gasteiger charge is 2.45. The molecule has 0 radical (unpaired) electrons. The van der Waals surface area contributed by atoms with Gasteiger partial charge in [-0.1, -0.05) is 0 Å². The highest BCUT2D eigenvalue weighted by atomic mass is 19.1. The Kier molecular flexibility index (Phi) is 5.88. The minimum atomic E-state index is -1.05. The third-order valence-corrected chi connectivity index (χ3v) is 7.19. The second-order valence-electron chi connectivity index (χ2n) is 9.28. The molecule has 9 nitrogen and oxygen atoms in total. The number of benzene rings is 1. The Morgan fingerprint density at radius 2 is 1.58 bits per heavy atom. The smallest absolute Gasteiger partial charge is 0.262 e. The number of carbonyl (C=O) groups is 4. The molecule has 5 rings (SSSR count). The fraction of sp³-hybridized carbons (Fsp3) is 0.565. The largest absolute Gasteiger partial charge is 0.369 e. The van der Waals surface area contributed by atoms with Crippen molar-refractivity contribution in [3.63, 3.8) is 0 Å². The maximum atomic E-state index is 15.0. The first-order valence-electron chi connectivity index (χ1n) is 11.7. The van der Waals surface area contributed by atoms with Gasteiger partial charge in [0.25, 0.3) is 11.8 Å². The monoisotopic (exact) mass is 457 g/mol. The Balaban J connectivity index is 1.29. The molecule has 1 aromatic carbocycles. The van der Waals surface area contributed by atoms with Crippen LogP contribution in [0.2, 0.25) is 0 Å². The summed E-state index contributed by atoms with van der Waals surface area (Å²) in [6.07, 6.45) is 2.00. The van der Waals surface area contributed by atoms with Gasteiger partial charge in [-0.05, 0) is 37.3 Å². The van der Waals surface area contributed by atoms with Crippen molar-refractivity contribution in [3.8, 4) is 0 Å². The molecule has 1 atom stereocenters. The number of carbonyl (C=O) groups excluding carboxylic acids is 4. The fourth-order valence-corrected chi connectivity index (χ4v) is 5.34. The van der Waals surface area contributed by atoms with Crippen molar-refractivity contribution in [1.29, 1.82) is 0 Å². The maximum absolute atomic E-state index is 15.0. The van der Waals surface area contributed by atoms with Gasteiger partial charge < -0.3 is 15.1 Å². The van der Waals surface area contributed by atoms with Crippen LogP contribution in [0.5, 0.6) is 0 Å². The van der Waals surface area contributed by atoms with Crippen LogP contribution in [0.15, 0.2) is 12.1 Å². The summed E-state index contributed by atoms with van der Waals surface area (Å²) >= 11 is 0. The summed E-state index contributed by atoms with van der Waals surface area (Å²) in [6.45, 7) is 6.56. The van der Waals surface area contributed by atoms with Crippen molar-refractivity contribution < 1.29 is 23.6 Å². The molecule has 0 bridgehead atoms. The highest BCUT2D eigenvalue weighted by Crippen LogP contribution is 2.34. The van der Waals surface area contributed by atoms with Gasteiger partial charge in [0.05, 0.1) is 16.8 Å². The van der Waals surface area contributed by atoms with E-state index in [2.05, 4.69) is 15.5 Å². The number of imide groups is 2. The van der Waals surface area contributed by atoms with Crippen LogP contribution < -0.4 is 15.5 Å². The van der Waals surface area contributed by atoms with E-state index >= 15 is 4.39 Å². The van der Waals surface area contributed by atoms with Gasteiger partial charge in [-0.15, -0.1) is 0 Å². The van der Waals surface area contributed by atoms with Gasteiger partial charge in [-0.3, -0.25) is 29.4 Å². The molecule has 3 fully saturated rings. The zero-order chi connectivity index (χ0) is 23.1. The normalized spacial score (nSPS) is 24.9. The van der Waals surface area contributed by atoms with E-state index in [1.165, 1.54) is 6.07 Å². The zero-order valence-corrected chi connectivity index (χ0v) is 18.4. The molecule has 10 heteroatoms. The minimum Gasteiger partial charge on any atom is -0.369 e. The van der Waals surface area contributed by atoms with Gasteiger partial charge in [0.1, 0.15) is 11.9 Å². The first kappa shape index (κ1) is 22.0. The molecule has 4 aliphatic rings. The van der Waals surface area contributed by atoms with Crippen LogP contribution in [0.1, 0.15) is 46.4 Å². The van der Waals surface area contributed by atoms with Crippen LogP contribution in [0.4, 0.5) is 10.1 Å². The van der Waals surface area contributed by atoms with Crippen LogP contribution in [0.3, 0.4) is 0 Å². The molecular formula is C23H28FN5O4. The van der Waals surface area contributed by atoms with E-state index in [4.69, 9.17) is 0 Å². The van der Waals surface area contributed by atoms with Crippen LogP contribution in [0.25, 0.3) is 0 Å². The predicted molar refractivity (Wildman–Crippen MR) is 117 cm³/mol. The summed E-state index contributed by atoms with van der Waals surface area (Å²) in [5.74, 6) is -2.39. The lowest BCUT2D eigenvalue weighted by Gasteiger charge is -2.37. The molecule has 0 aliphatic carbocycles. The summed E-state index contributed by atoms with van der Waals surface area (Å²) in [4.78, 5) is 54.8. The van der Waals surface area contributed by atoms with E-state index in [1.54, 1.807) is 0 Å². The van der Waals surface area contributed by atoms with E-state index in [0.717, 1.165) is 56.5 Å². The number of amides is 4. The molecule has 2 N–H and O–H groups in total. The van der Waals surface area contributed by atoms with Gasteiger partial charge in [-0.2, -0.15) is 0 Å². The van der Waals surface area contributed by atoms with E-state index in [1.807, 2.05) is 4.90 Å². The number of nitrogens with zero attached hydrogens (tertiary/aromatic N) is 3. The lowest BCUT2D eigenvalue weighted by molar-refractivity contribution is -0.136. The molecule has 33 heavy (non-hydrogen) atoms. The number of fused-ring (bicyclic) bond motifs is 1. The minimum absolute atomic E-state index is 0.0282. The van der Waals surface area contributed by atoms with E-state index in [-0.39, 0.29) is 24.0 Å². The molecule has 1 aromatic rings. The summed E-state index contributed by atoms with van der Waals surface area (Å²) in [6, 6.07) is 1.51. The van der Waals surface area contributed by atoms with Crippen molar-refractivity contribution in [2.75, 3.05) is 50.7 Å². The van der Waals surface area contributed by atoms with Crippen molar-refractivity contribution >= 4 is 29.3 Å². The topological polar surface area (TPSA) is 102 Å². The number of piperidine rings is 2. The first-order valence-corrected chi connectivity index (χ1v) is 11.7. The molecule has 1 unspecified atom stereocenters. The fourth-order valence-electron chi connectivity index (χ4n) is 5.34. The molecule has 4 amide bonds. The van der Waals surface area contributed by atoms with Crippen LogP contribution in [0, 0.1) is 11.7 Å². The van der Waals surface area contributed by atoms with Gasteiger partial charge in [0.2, 0.25) is 11.8 Å². The Bertz CT molecular complexity index is 1000. The third-order valence-electron chi connectivity index (χ3n) is 7.19. The third kappa shape index (κ3) is 4.13. The lowest BCUT2D eigenvalue weighted by atomic mass is 9.95. The van der Waals surface area contributed by atoms with Crippen molar-refractivity contribution in [3.05, 3.63) is 29.1 Å². The Morgan fingerprint density at radius 3 is 2.24 bits per heavy atom. The Labute approximate surface area is 191 Å². The maximum Gasteiger partial charge on any atom is 0.262 e. The van der Waals surface area contributed by atoms with E-state index in [9.17, 15) is 19.2 Å².